The van der Waals surface area contributed by atoms with Crippen molar-refractivity contribution in [1.29, 1.82) is 0 Å². The summed E-state index contributed by atoms with van der Waals surface area (Å²) in [6.07, 6.45) is 6.11. The Morgan fingerprint density at radius 1 is 1.00 bits per heavy atom. The van der Waals surface area contributed by atoms with E-state index in [2.05, 4.69) is 55.7 Å². The average molecular weight is 424 g/mol. The monoisotopic (exact) mass is 423 g/mol. The van der Waals surface area contributed by atoms with Crippen LogP contribution in [-0.4, -0.2) is 47.3 Å². The summed E-state index contributed by atoms with van der Waals surface area (Å²) in [6, 6.07) is 10.5. The molecular formula is C23H22ClN3OS. The lowest BCUT2D eigenvalue weighted by Gasteiger charge is -2.26. The highest BCUT2D eigenvalue weighted by atomic mass is 35.5. The van der Waals surface area contributed by atoms with E-state index in [0.29, 0.717) is 0 Å². The SMILES string of the molecule is Clc1ccc2c(c1)c(-c1cncc(-c3ccsc3)c1)cn2CCN1CCOCC1. The molecule has 1 aromatic carbocycles. The van der Waals surface area contributed by atoms with Crippen LogP contribution in [0.3, 0.4) is 0 Å². The second kappa shape index (κ2) is 8.28. The maximum Gasteiger partial charge on any atom is 0.0594 e. The number of halogens is 1. The number of nitrogens with zero attached hydrogens (tertiary/aromatic N) is 3. The number of aromatic nitrogens is 2. The summed E-state index contributed by atoms with van der Waals surface area (Å²) in [5, 5.41) is 6.18. The van der Waals surface area contributed by atoms with Crippen LogP contribution in [0.25, 0.3) is 33.2 Å². The zero-order valence-electron chi connectivity index (χ0n) is 16.1. The molecule has 4 heterocycles. The molecule has 0 amide bonds. The first-order chi connectivity index (χ1) is 14.3. The molecule has 1 saturated heterocycles. The maximum atomic E-state index is 6.35. The number of fused-ring (bicyclic) bond motifs is 1. The molecule has 1 aliphatic rings. The first-order valence-corrected chi connectivity index (χ1v) is 11.2. The number of thiophene rings is 1. The van der Waals surface area contributed by atoms with E-state index >= 15 is 0 Å². The molecule has 6 heteroatoms. The average Bonchev–Trinajstić information content (AvgIpc) is 3.41. The van der Waals surface area contributed by atoms with E-state index in [1.54, 1.807) is 11.3 Å². The highest BCUT2D eigenvalue weighted by Gasteiger charge is 2.15. The molecule has 0 saturated carbocycles. The summed E-state index contributed by atoms with van der Waals surface area (Å²) >= 11 is 8.05. The summed E-state index contributed by atoms with van der Waals surface area (Å²) in [5.41, 5.74) is 5.84. The summed E-state index contributed by atoms with van der Waals surface area (Å²) in [7, 11) is 0. The van der Waals surface area contributed by atoms with Gasteiger partial charge in [-0.2, -0.15) is 11.3 Å². The molecule has 0 unspecified atom stereocenters. The number of rotatable bonds is 5. The third kappa shape index (κ3) is 3.96. The van der Waals surface area contributed by atoms with Crippen molar-refractivity contribution in [2.75, 3.05) is 32.8 Å². The normalized spacial score (nSPS) is 15.2. The molecule has 3 aromatic heterocycles. The van der Waals surface area contributed by atoms with Crippen molar-refractivity contribution in [2.45, 2.75) is 6.54 Å². The standard InChI is InChI=1S/C23H22ClN3OS/c24-20-1-2-23-21(12-20)22(15-27(23)5-4-26-6-8-28-9-7-26)19-11-18(13-25-14-19)17-3-10-29-16-17/h1-3,10-16H,4-9H2. The van der Waals surface area contributed by atoms with Crippen LogP contribution in [-0.2, 0) is 11.3 Å². The summed E-state index contributed by atoms with van der Waals surface area (Å²) < 4.78 is 7.81. The summed E-state index contributed by atoms with van der Waals surface area (Å²) in [4.78, 5) is 6.98. The molecule has 1 aliphatic heterocycles. The van der Waals surface area contributed by atoms with Gasteiger partial charge in [-0.3, -0.25) is 9.88 Å². The molecule has 148 valence electrons. The number of morpholine rings is 1. The van der Waals surface area contributed by atoms with Crippen molar-refractivity contribution >= 4 is 33.8 Å². The Labute approximate surface area is 179 Å². The molecule has 4 nitrogen and oxygen atoms in total. The molecule has 5 rings (SSSR count). The molecule has 0 aliphatic carbocycles. The predicted octanol–water partition coefficient (Wildman–Crippen LogP) is 5.42. The minimum absolute atomic E-state index is 0.756. The van der Waals surface area contributed by atoms with E-state index in [0.717, 1.165) is 55.5 Å². The molecule has 29 heavy (non-hydrogen) atoms. The van der Waals surface area contributed by atoms with Gasteiger partial charge in [-0.15, -0.1) is 0 Å². The number of benzene rings is 1. The van der Waals surface area contributed by atoms with Gasteiger partial charge in [0.25, 0.3) is 0 Å². The Balaban J connectivity index is 1.52. The summed E-state index contributed by atoms with van der Waals surface area (Å²) in [6.45, 7) is 5.62. The Kier molecular flexibility index (Phi) is 5.38. The molecule has 0 spiro atoms. The van der Waals surface area contributed by atoms with Gasteiger partial charge in [-0.25, -0.2) is 0 Å². The Morgan fingerprint density at radius 3 is 2.69 bits per heavy atom. The zero-order chi connectivity index (χ0) is 19.6. The lowest BCUT2D eigenvalue weighted by molar-refractivity contribution is 0.0365. The molecule has 4 aromatic rings. The van der Waals surface area contributed by atoms with Gasteiger partial charge in [0.05, 0.1) is 13.2 Å². The van der Waals surface area contributed by atoms with Gasteiger partial charge in [0.15, 0.2) is 0 Å². The van der Waals surface area contributed by atoms with Crippen LogP contribution in [0.1, 0.15) is 0 Å². The number of hydrogen-bond donors (Lipinski definition) is 0. The Bertz CT molecular complexity index is 1120. The van der Waals surface area contributed by atoms with Crippen LogP contribution in [0.5, 0.6) is 0 Å². The Hall–Kier alpha value is -2.18. The fourth-order valence-electron chi connectivity index (χ4n) is 3.93. The number of ether oxygens (including phenoxy) is 1. The predicted molar refractivity (Wildman–Crippen MR) is 121 cm³/mol. The minimum Gasteiger partial charge on any atom is -0.379 e. The zero-order valence-corrected chi connectivity index (χ0v) is 17.6. The number of hydrogen-bond acceptors (Lipinski definition) is 4. The van der Waals surface area contributed by atoms with E-state index < -0.39 is 0 Å². The first kappa shape index (κ1) is 18.8. The van der Waals surface area contributed by atoms with Crippen molar-refractivity contribution in [3.05, 3.63) is 64.7 Å². The van der Waals surface area contributed by atoms with Crippen LogP contribution in [0.15, 0.2) is 59.7 Å². The topological polar surface area (TPSA) is 30.3 Å². The second-order valence-corrected chi connectivity index (χ2v) is 8.54. The number of pyridine rings is 1. The molecule has 0 bridgehead atoms. The molecule has 0 N–H and O–H groups in total. The first-order valence-electron chi connectivity index (χ1n) is 9.84. The van der Waals surface area contributed by atoms with Crippen molar-refractivity contribution in [3.8, 4) is 22.3 Å². The second-order valence-electron chi connectivity index (χ2n) is 7.33. The van der Waals surface area contributed by atoms with Crippen LogP contribution < -0.4 is 0 Å². The van der Waals surface area contributed by atoms with Crippen LogP contribution in [0, 0.1) is 0 Å². The van der Waals surface area contributed by atoms with Gasteiger partial charge in [-0.1, -0.05) is 11.6 Å². The van der Waals surface area contributed by atoms with Crippen LogP contribution in [0.2, 0.25) is 5.02 Å². The van der Waals surface area contributed by atoms with E-state index in [-0.39, 0.29) is 0 Å². The van der Waals surface area contributed by atoms with Gasteiger partial charge in [0, 0.05) is 77.4 Å². The minimum atomic E-state index is 0.756. The van der Waals surface area contributed by atoms with Gasteiger partial charge in [0.2, 0.25) is 0 Å². The lowest BCUT2D eigenvalue weighted by atomic mass is 10.0. The quantitative estimate of drug-likeness (QED) is 0.429. The van der Waals surface area contributed by atoms with E-state index in [4.69, 9.17) is 16.3 Å². The van der Waals surface area contributed by atoms with Gasteiger partial charge < -0.3 is 9.30 Å². The Morgan fingerprint density at radius 2 is 1.86 bits per heavy atom. The highest BCUT2D eigenvalue weighted by molar-refractivity contribution is 7.08. The van der Waals surface area contributed by atoms with Crippen molar-refractivity contribution in [3.63, 3.8) is 0 Å². The van der Waals surface area contributed by atoms with Gasteiger partial charge in [-0.05, 0) is 46.7 Å². The lowest BCUT2D eigenvalue weighted by Crippen LogP contribution is -2.38. The van der Waals surface area contributed by atoms with Crippen LogP contribution >= 0.6 is 22.9 Å². The van der Waals surface area contributed by atoms with E-state index in [9.17, 15) is 0 Å². The van der Waals surface area contributed by atoms with E-state index in [1.165, 1.54) is 22.0 Å². The molecule has 0 radical (unpaired) electrons. The smallest absolute Gasteiger partial charge is 0.0594 e. The fourth-order valence-corrected chi connectivity index (χ4v) is 4.77. The van der Waals surface area contributed by atoms with E-state index in [1.807, 2.05) is 18.5 Å². The third-order valence-corrected chi connectivity index (χ3v) is 6.43. The van der Waals surface area contributed by atoms with Crippen molar-refractivity contribution in [2.24, 2.45) is 0 Å². The highest BCUT2D eigenvalue weighted by Crippen LogP contribution is 2.34. The molecule has 0 atom stereocenters. The van der Waals surface area contributed by atoms with Crippen LogP contribution in [0.4, 0.5) is 0 Å². The fraction of sp³-hybridized carbons (Fsp3) is 0.261. The largest absolute Gasteiger partial charge is 0.379 e. The van der Waals surface area contributed by atoms with Gasteiger partial charge >= 0.3 is 0 Å². The van der Waals surface area contributed by atoms with Gasteiger partial charge in [0.1, 0.15) is 0 Å². The maximum absolute atomic E-state index is 6.35. The van der Waals surface area contributed by atoms with Crippen molar-refractivity contribution in [1.82, 2.24) is 14.5 Å². The molecular weight excluding hydrogens is 402 g/mol. The summed E-state index contributed by atoms with van der Waals surface area (Å²) in [5.74, 6) is 0. The third-order valence-electron chi connectivity index (χ3n) is 5.51. The van der Waals surface area contributed by atoms with Crippen molar-refractivity contribution < 1.29 is 4.74 Å². The molecule has 1 fully saturated rings.